The van der Waals surface area contributed by atoms with Crippen LogP contribution in [0.25, 0.3) is 11.3 Å². The van der Waals surface area contributed by atoms with Gasteiger partial charge in [-0.05, 0) is 31.2 Å². The number of pyridine rings is 1. The van der Waals surface area contributed by atoms with Crippen molar-refractivity contribution in [3.8, 4) is 11.3 Å². The van der Waals surface area contributed by atoms with Gasteiger partial charge in [0.25, 0.3) is 0 Å². The van der Waals surface area contributed by atoms with Gasteiger partial charge in [0, 0.05) is 50.4 Å². The summed E-state index contributed by atoms with van der Waals surface area (Å²) in [5.74, 6) is 1.37. The minimum absolute atomic E-state index is 0.0655. The van der Waals surface area contributed by atoms with Crippen molar-refractivity contribution in [3.63, 3.8) is 0 Å². The van der Waals surface area contributed by atoms with Gasteiger partial charge in [-0.25, -0.2) is 9.97 Å². The summed E-state index contributed by atoms with van der Waals surface area (Å²) in [4.78, 5) is 31.4. The normalized spacial score (nSPS) is 27.9. The van der Waals surface area contributed by atoms with Gasteiger partial charge in [0.05, 0.1) is 23.3 Å². The molecule has 1 aliphatic carbocycles. The molecular weight excluding hydrogens is 435 g/mol. The van der Waals surface area contributed by atoms with E-state index in [0.717, 1.165) is 31.9 Å². The quantitative estimate of drug-likeness (QED) is 0.754. The zero-order chi connectivity index (χ0) is 23.1. The van der Waals surface area contributed by atoms with Crippen molar-refractivity contribution < 1.29 is 18.0 Å². The van der Waals surface area contributed by atoms with Crippen molar-refractivity contribution in [1.82, 2.24) is 19.9 Å². The monoisotopic (exact) mass is 459 g/mol. The highest BCUT2D eigenvalue weighted by Crippen LogP contribution is 2.44. The Morgan fingerprint density at radius 1 is 1.03 bits per heavy atom. The van der Waals surface area contributed by atoms with Gasteiger partial charge in [-0.1, -0.05) is 0 Å². The van der Waals surface area contributed by atoms with Crippen LogP contribution < -0.4 is 15.5 Å². The SMILES string of the molecule is CC(=O)N1C[C@@H]2C[C@H]1CN2c1cc(-c2cnc(N)c(C(F)(F)F)c2)nc(N2CC3CC2C3)n1. The predicted molar refractivity (Wildman–Crippen MR) is 115 cm³/mol. The van der Waals surface area contributed by atoms with Crippen molar-refractivity contribution >= 4 is 23.5 Å². The highest BCUT2D eigenvalue weighted by molar-refractivity contribution is 5.75. The van der Waals surface area contributed by atoms with Crippen molar-refractivity contribution in [3.05, 3.63) is 23.9 Å². The van der Waals surface area contributed by atoms with Crippen LogP contribution in [0.5, 0.6) is 0 Å². The summed E-state index contributed by atoms with van der Waals surface area (Å²) in [5.41, 5.74) is 5.18. The molecule has 2 aromatic heterocycles. The lowest BCUT2D eigenvalue weighted by molar-refractivity contribution is -0.137. The molecule has 0 radical (unpaired) electrons. The van der Waals surface area contributed by atoms with Gasteiger partial charge in [-0.15, -0.1) is 0 Å². The maximum absolute atomic E-state index is 13.5. The number of alkyl halides is 3. The average Bonchev–Trinajstić information content (AvgIpc) is 3.51. The number of likely N-dealkylation sites (tertiary alicyclic amines) is 1. The van der Waals surface area contributed by atoms with E-state index in [9.17, 15) is 18.0 Å². The lowest BCUT2D eigenvalue weighted by Crippen LogP contribution is -2.48. The van der Waals surface area contributed by atoms with E-state index in [0.29, 0.717) is 42.5 Å². The van der Waals surface area contributed by atoms with Crippen LogP contribution in [0, 0.1) is 5.92 Å². The van der Waals surface area contributed by atoms with E-state index in [4.69, 9.17) is 10.7 Å². The summed E-state index contributed by atoms with van der Waals surface area (Å²) in [6, 6.07) is 3.39. The molecule has 174 valence electrons. The first-order valence-electron chi connectivity index (χ1n) is 11.2. The van der Waals surface area contributed by atoms with Crippen LogP contribution in [-0.2, 0) is 11.0 Å². The van der Waals surface area contributed by atoms with E-state index in [1.165, 1.54) is 6.20 Å². The van der Waals surface area contributed by atoms with E-state index < -0.39 is 17.6 Å². The van der Waals surface area contributed by atoms with E-state index in [2.05, 4.69) is 19.8 Å². The Balaban J connectivity index is 1.40. The number of rotatable bonds is 3. The van der Waals surface area contributed by atoms with Crippen LogP contribution >= 0.6 is 0 Å². The third-order valence-electron chi connectivity index (χ3n) is 7.52. The second-order valence-electron chi connectivity index (χ2n) is 9.58. The number of hydrogen-bond acceptors (Lipinski definition) is 7. The fourth-order valence-electron chi connectivity index (χ4n) is 5.80. The van der Waals surface area contributed by atoms with Gasteiger partial charge in [-0.3, -0.25) is 4.79 Å². The number of fused-ring (bicyclic) bond motifs is 3. The summed E-state index contributed by atoms with van der Waals surface area (Å²) in [5, 5.41) is 0. The van der Waals surface area contributed by atoms with Gasteiger partial charge < -0.3 is 20.4 Å². The van der Waals surface area contributed by atoms with Crippen LogP contribution in [0.15, 0.2) is 18.3 Å². The minimum atomic E-state index is -4.60. The Morgan fingerprint density at radius 2 is 1.82 bits per heavy atom. The number of halogens is 3. The number of aromatic nitrogens is 3. The summed E-state index contributed by atoms with van der Waals surface area (Å²) < 4.78 is 40.4. The summed E-state index contributed by atoms with van der Waals surface area (Å²) in [7, 11) is 0. The molecule has 4 aliphatic heterocycles. The number of nitrogens with two attached hydrogens (primary N) is 1. The Labute approximate surface area is 188 Å². The first-order valence-corrected chi connectivity index (χ1v) is 11.2. The molecule has 33 heavy (non-hydrogen) atoms. The largest absolute Gasteiger partial charge is 0.419 e. The molecule has 7 rings (SSSR count). The minimum Gasteiger partial charge on any atom is -0.383 e. The van der Waals surface area contributed by atoms with Crippen molar-refractivity contribution in [1.29, 1.82) is 0 Å². The van der Waals surface area contributed by atoms with Crippen LogP contribution in [0.2, 0.25) is 0 Å². The van der Waals surface area contributed by atoms with Gasteiger partial charge in [0.2, 0.25) is 11.9 Å². The Kier molecular flexibility index (Phi) is 4.31. The van der Waals surface area contributed by atoms with Crippen LogP contribution in [0.3, 0.4) is 0 Å². The van der Waals surface area contributed by atoms with Crippen LogP contribution in [0.4, 0.5) is 30.8 Å². The van der Waals surface area contributed by atoms with Crippen LogP contribution in [0.1, 0.15) is 31.7 Å². The number of carbonyl (C=O) groups is 1. The summed E-state index contributed by atoms with van der Waals surface area (Å²) in [6.07, 6.45) is -0.201. The first-order chi connectivity index (χ1) is 15.7. The van der Waals surface area contributed by atoms with Gasteiger partial charge in [0.15, 0.2) is 0 Å². The Morgan fingerprint density at radius 3 is 2.42 bits per heavy atom. The molecule has 4 bridgehead atoms. The molecule has 5 aliphatic rings. The maximum atomic E-state index is 13.5. The van der Waals surface area contributed by atoms with Crippen molar-refractivity contribution in [2.24, 2.45) is 5.92 Å². The number of nitrogens with zero attached hydrogens (tertiary/aromatic N) is 6. The molecule has 8 nitrogen and oxygen atoms in total. The molecule has 1 saturated carbocycles. The van der Waals surface area contributed by atoms with Gasteiger partial charge >= 0.3 is 6.18 Å². The van der Waals surface area contributed by atoms with E-state index >= 15 is 0 Å². The van der Waals surface area contributed by atoms with Gasteiger partial charge in [-0.2, -0.15) is 18.2 Å². The summed E-state index contributed by atoms with van der Waals surface area (Å²) >= 11 is 0. The number of hydrogen-bond donors (Lipinski definition) is 1. The fraction of sp³-hybridized carbons (Fsp3) is 0.545. The molecule has 2 atom stereocenters. The first kappa shape index (κ1) is 20.5. The summed E-state index contributed by atoms with van der Waals surface area (Å²) in [6.45, 7) is 3.73. The van der Waals surface area contributed by atoms with Crippen molar-refractivity contribution in [2.45, 2.75) is 50.5 Å². The zero-order valence-corrected chi connectivity index (χ0v) is 18.1. The molecule has 11 heteroatoms. The Bertz CT molecular complexity index is 1130. The van der Waals surface area contributed by atoms with Gasteiger partial charge in [0.1, 0.15) is 11.6 Å². The number of anilines is 3. The average molecular weight is 459 g/mol. The third kappa shape index (κ3) is 3.27. The molecule has 4 saturated heterocycles. The second kappa shape index (κ2) is 6.94. The standard InChI is InChI=1S/C22H24F3N7O/c1-11(33)30-9-16-5-15(30)10-31(16)19-6-18(13-4-17(22(23,24)25)20(26)27-7-13)28-21(29-19)32-8-12-2-14(32)3-12/h4,6-7,12,14-16H,2-3,5,8-10H2,1H3,(H2,26,27)/t12?,14?,15-,16-/m0/s1. The lowest BCUT2D eigenvalue weighted by atomic mass is 9.86. The van der Waals surface area contributed by atoms with E-state index in [-0.39, 0.29) is 23.6 Å². The lowest BCUT2D eigenvalue weighted by Gasteiger charge is -2.35. The van der Waals surface area contributed by atoms with E-state index in [1.807, 2.05) is 4.90 Å². The Hall–Kier alpha value is -3.11. The fourth-order valence-corrected chi connectivity index (χ4v) is 5.80. The molecular formula is C22H24F3N7O. The van der Waals surface area contributed by atoms with Crippen LogP contribution in [-0.4, -0.2) is 63.5 Å². The number of carbonyl (C=O) groups excluding carboxylic acids is 1. The number of piperazine rings is 1. The molecule has 2 N–H and O–H groups in total. The highest BCUT2D eigenvalue weighted by Gasteiger charge is 2.46. The molecule has 0 unspecified atom stereocenters. The smallest absolute Gasteiger partial charge is 0.383 e. The molecule has 0 spiro atoms. The second-order valence-corrected chi connectivity index (χ2v) is 9.58. The zero-order valence-electron chi connectivity index (χ0n) is 18.1. The molecule has 2 aromatic rings. The highest BCUT2D eigenvalue weighted by atomic mass is 19.4. The van der Waals surface area contributed by atoms with Crippen molar-refractivity contribution in [2.75, 3.05) is 35.2 Å². The molecule has 1 amide bonds. The predicted octanol–water partition coefficient (Wildman–Crippen LogP) is 2.55. The third-order valence-corrected chi connectivity index (χ3v) is 7.52. The van der Waals surface area contributed by atoms with E-state index in [1.54, 1.807) is 13.0 Å². The number of amides is 1. The topological polar surface area (TPSA) is 91.5 Å². The molecule has 6 heterocycles. The number of nitrogen functional groups attached to an aromatic ring is 1. The molecule has 0 aromatic carbocycles. The maximum Gasteiger partial charge on any atom is 0.419 e. The molecule has 5 fully saturated rings.